The van der Waals surface area contributed by atoms with Gasteiger partial charge in [-0.2, -0.15) is 5.26 Å². The average molecular weight is 465 g/mol. The van der Waals surface area contributed by atoms with Crippen LogP contribution < -0.4 is 4.90 Å². The standard InChI is InChI=1S/C32H24N4/c1-32(2)25-15-7-10-18-29(25)36(30-19-11-8-16-26(30)32)28-17-9-6-14-24(28)31-34-23(21-33)20-27(35-31)22-12-4-3-5-13-22/h3-20H,1-2H3. The molecule has 172 valence electrons. The van der Waals surface area contributed by atoms with E-state index in [0.29, 0.717) is 11.5 Å². The highest BCUT2D eigenvalue weighted by atomic mass is 15.2. The Morgan fingerprint density at radius 3 is 1.86 bits per heavy atom. The van der Waals surface area contributed by atoms with Crippen LogP contribution in [-0.4, -0.2) is 9.97 Å². The van der Waals surface area contributed by atoms with Gasteiger partial charge in [-0.25, -0.2) is 9.97 Å². The minimum atomic E-state index is -0.143. The zero-order valence-corrected chi connectivity index (χ0v) is 20.2. The largest absolute Gasteiger partial charge is 0.309 e. The third-order valence-electron chi connectivity index (χ3n) is 6.93. The summed E-state index contributed by atoms with van der Waals surface area (Å²) in [5.41, 5.74) is 8.51. The van der Waals surface area contributed by atoms with Gasteiger partial charge in [0.05, 0.1) is 22.8 Å². The monoisotopic (exact) mass is 464 g/mol. The van der Waals surface area contributed by atoms with Crippen LogP contribution in [0, 0.1) is 11.3 Å². The molecule has 0 bridgehead atoms. The number of benzene rings is 4. The molecule has 4 heteroatoms. The molecule has 0 N–H and O–H groups in total. The molecule has 0 saturated heterocycles. The molecule has 36 heavy (non-hydrogen) atoms. The second-order valence-electron chi connectivity index (χ2n) is 9.45. The molecule has 1 aliphatic heterocycles. The van der Waals surface area contributed by atoms with Crippen LogP contribution in [0.5, 0.6) is 0 Å². The van der Waals surface area contributed by atoms with Crippen LogP contribution >= 0.6 is 0 Å². The summed E-state index contributed by atoms with van der Waals surface area (Å²) in [7, 11) is 0. The maximum absolute atomic E-state index is 9.77. The van der Waals surface area contributed by atoms with Gasteiger partial charge in [0.1, 0.15) is 11.8 Å². The van der Waals surface area contributed by atoms with Crippen molar-refractivity contribution in [2.24, 2.45) is 0 Å². The molecule has 0 amide bonds. The van der Waals surface area contributed by atoms with Gasteiger partial charge in [-0.1, -0.05) is 92.7 Å². The summed E-state index contributed by atoms with van der Waals surface area (Å²) in [6, 6.07) is 39.2. The molecule has 5 aromatic rings. The van der Waals surface area contributed by atoms with Gasteiger partial charge in [-0.05, 0) is 35.4 Å². The smallest absolute Gasteiger partial charge is 0.163 e. The number of anilines is 3. The van der Waals surface area contributed by atoms with Gasteiger partial charge in [0.25, 0.3) is 0 Å². The first-order valence-electron chi connectivity index (χ1n) is 12.0. The van der Waals surface area contributed by atoms with E-state index < -0.39 is 0 Å². The number of hydrogen-bond donors (Lipinski definition) is 0. The number of fused-ring (bicyclic) bond motifs is 2. The molecule has 0 radical (unpaired) electrons. The van der Waals surface area contributed by atoms with E-state index in [1.165, 1.54) is 11.1 Å². The van der Waals surface area contributed by atoms with E-state index in [2.05, 4.69) is 84.4 Å². The number of para-hydroxylation sites is 3. The topological polar surface area (TPSA) is 52.8 Å². The van der Waals surface area contributed by atoms with E-state index in [1.807, 2.05) is 48.5 Å². The van der Waals surface area contributed by atoms with Crippen molar-refractivity contribution in [3.8, 4) is 28.7 Å². The van der Waals surface area contributed by atoms with Crippen molar-refractivity contribution in [2.75, 3.05) is 4.90 Å². The van der Waals surface area contributed by atoms with Crippen molar-refractivity contribution in [3.05, 3.63) is 126 Å². The van der Waals surface area contributed by atoms with E-state index in [-0.39, 0.29) is 5.41 Å². The Hall–Kier alpha value is -4.75. The Balaban J connectivity index is 1.60. The summed E-state index contributed by atoms with van der Waals surface area (Å²) < 4.78 is 0. The lowest BCUT2D eigenvalue weighted by molar-refractivity contribution is 0.632. The maximum Gasteiger partial charge on any atom is 0.163 e. The van der Waals surface area contributed by atoms with Crippen LogP contribution in [0.25, 0.3) is 22.6 Å². The minimum Gasteiger partial charge on any atom is -0.309 e. The predicted octanol–water partition coefficient (Wildman–Crippen LogP) is 7.79. The van der Waals surface area contributed by atoms with Crippen LogP contribution in [0.3, 0.4) is 0 Å². The summed E-state index contributed by atoms with van der Waals surface area (Å²) in [6.45, 7) is 4.55. The van der Waals surface area contributed by atoms with Crippen molar-refractivity contribution >= 4 is 17.1 Å². The van der Waals surface area contributed by atoms with E-state index in [9.17, 15) is 5.26 Å². The van der Waals surface area contributed by atoms with E-state index in [4.69, 9.17) is 4.98 Å². The molecule has 0 aliphatic carbocycles. The van der Waals surface area contributed by atoms with Crippen LogP contribution in [0.2, 0.25) is 0 Å². The Morgan fingerprint density at radius 2 is 1.22 bits per heavy atom. The van der Waals surface area contributed by atoms with Crippen LogP contribution in [0.4, 0.5) is 17.1 Å². The number of hydrogen-bond acceptors (Lipinski definition) is 4. The molecule has 0 unspecified atom stereocenters. The van der Waals surface area contributed by atoms with Crippen molar-refractivity contribution in [3.63, 3.8) is 0 Å². The van der Waals surface area contributed by atoms with E-state index in [0.717, 1.165) is 33.9 Å². The first kappa shape index (κ1) is 21.8. The van der Waals surface area contributed by atoms with Gasteiger partial charge in [-0.3, -0.25) is 0 Å². The molecule has 0 atom stereocenters. The summed E-state index contributed by atoms with van der Waals surface area (Å²) in [4.78, 5) is 11.9. The summed E-state index contributed by atoms with van der Waals surface area (Å²) >= 11 is 0. The molecule has 0 saturated carbocycles. The first-order valence-corrected chi connectivity index (χ1v) is 12.0. The second kappa shape index (κ2) is 8.48. The summed E-state index contributed by atoms with van der Waals surface area (Å²) in [5, 5.41) is 9.77. The van der Waals surface area contributed by atoms with Gasteiger partial charge in [0, 0.05) is 22.6 Å². The highest BCUT2D eigenvalue weighted by Crippen LogP contribution is 2.52. The van der Waals surface area contributed by atoms with E-state index >= 15 is 0 Å². The van der Waals surface area contributed by atoms with Gasteiger partial charge in [0.2, 0.25) is 0 Å². The Labute approximate surface area is 211 Å². The zero-order valence-electron chi connectivity index (χ0n) is 20.2. The van der Waals surface area contributed by atoms with Crippen molar-refractivity contribution in [1.82, 2.24) is 9.97 Å². The fraction of sp³-hybridized carbons (Fsp3) is 0.0938. The van der Waals surface area contributed by atoms with Crippen molar-refractivity contribution < 1.29 is 0 Å². The molecule has 6 rings (SSSR count). The number of rotatable bonds is 3. The Morgan fingerprint density at radius 1 is 0.667 bits per heavy atom. The molecule has 4 nitrogen and oxygen atoms in total. The fourth-order valence-electron chi connectivity index (χ4n) is 5.17. The fourth-order valence-corrected chi connectivity index (χ4v) is 5.17. The van der Waals surface area contributed by atoms with Gasteiger partial charge in [0.15, 0.2) is 5.82 Å². The highest BCUT2D eigenvalue weighted by molar-refractivity contribution is 5.91. The van der Waals surface area contributed by atoms with Gasteiger partial charge < -0.3 is 4.90 Å². The molecule has 1 aromatic heterocycles. The third-order valence-corrected chi connectivity index (χ3v) is 6.93. The summed E-state index contributed by atoms with van der Waals surface area (Å²) in [6.07, 6.45) is 0. The first-order chi connectivity index (χ1) is 17.6. The second-order valence-corrected chi connectivity index (χ2v) is 9.45. The normalized spacial score (nSPS) is 13.4. The molecule has 4 aromatic carbocycles. The minimum absolute atomic E-state index is 0.143. The SMILES string of the molecule is CC1(C)c2ccccc2N(c2ccccc2-c2nc(C#N)cc(-c3ccccc3)n2)c2ccccc21. The quantitative estimate of drug-likeness (QED) is 0.273. The molecular formula is C32H24N4. The summed E-state index contributed by atoms with van der Waals surface area (Å²) in [5.74, 6) is 0.531. The molecule has 2 heterocycles. The molecule has 0 fully saturated rings. The van der Waals surface area contributed by atoms with Crippen LogP contribution in [-0.2, 0) is 5.41 Å². The number of nitrogens with zero attached hydrogens (tertiary/aromatic N) is 4. The average Bonchev–Trinajstić information content (AvgIpc) is 2.94. The molecule has 1 aliphatic rings. The number of nitriles is 1. The van der Waals surface area contributed by atoms with Crippen LogP contribution in [0.1, 0.15) is 30.7 Å². The Kier molecular flexibility index (Phi) is 5.13. The van der Waals surface area contributed by atoms with E-state index in [1.54, 1.807) is 6.07 Å². The highest BCUT2D eigenvalue weighted by Gasteiger charge is 2.37. The van der Waals surface area contributed by atoms with Crippen molar-refractivity contribution in [1.29, 1.82) is 5.26 Å². The van der Waals surface area contributed by atoms with Crippen molar-refractivity contribution in [2.45, 2.75) is 19.3 Å². The third kappa shape index (κ3) is 3.45. The van der Waals surface area contributed by atoms with Crippen LogP contribution in [0.15, 0.2) is 109 Å². The van der Waals surface area contributed by atoms with Gasteiger partial charge in [-0.15, -0.1) is 0 Å². The lowest BCUT2D eigenvalue weighted by Gasteiger charge is -2.42. The predicted molar refractivity (Wildman–Crippen MR) is 144 cm³/mol. The number of aromatic nitrogens is 2. The zero-order chi connectivity index (χ0) is 24.7. The maximum atomic E-state index is 9.77. The molecule has 0 spiro atoms. The van der Waals surface area contributed by atoms with Gasteiger partial charge >= 0.3 is 0 Å². The lowest BCUT2D eigenvalue weighted by Crippen LogP contribution is -2.30. The Bertz CT molecular complexity index is 1580. The lowest BCUT2D eigenvalue weighted by atomic mass is 9.73. The molecular weight excluding hydrogens is 440 g/mol.